The number of aromatic nitrogens is 1. The summed E-state index contributed by atoms with van der Waals surface area (Å²) in [6, 6.07) is 20.3. The van der Waals surface area contributed by atoms with E-state index in [4.69, 9.17) is 27.9 Å². The zero-order chi connectivity index (χ0) is 27.1. The number of hydrazone groups is 1. The van der Waals surface area contributed by atoms with Crippen LogP contribution in [0.4, 0.5) is 10.5 Å². The van der Waals surface area contributed by atoms with Gasteiger partial charge in [0.05, 0.1) is 22.3 Å². The Kier molecular flexibility index (Phi) is 8.48. The molecule has 0 unspecified atom stereocenters. The molecule has 0 spiro atoms. The molecule has 192 valence electrons. The van der Waals surface area contributed by atoms with Crippen LogP contribution in [0.5, 0.6) is 11.5 Å². The minimum atomic E-state index is -1.03. The Morgan fingerprint density at radius 2 is 1.82 bits per heavy atom. The number of fused-ring (bicyclic) bond motifs is 1. The molecular formula is C27H21Cl2N5O4. The highest BCUT2D eigenvalue weighted by Gasteiger charge is 2.16. The minimum absolute atomic E-state index is 0.0652. The number of nitriles is 1. The summed E-state index contributed by atoms with van der Waals surface area (Å²) in [4.78, 5) is 26.7. The van der Waals surface area contributed by atoms with Crippen LogP contribution in [0.25, 0.3) is 10.9 Å². The topological polar surface area (TPSA) is 129 Å². The summed E-state index contributed by atoms with van der Waals surface area (Å²) >= 11 is 12.9. The average molecular weight is 550 g/mol. The van der Waals surface area contributed by atoms with Gasteiger partial charge in [0.25, 0.3) is 5.91 Å². The Balaban J connectivity index is 1.50. The van der Waals surface area contributed by atoms with Gasteiger partial charge in [-0.3, -0.25) is 15.5 Å². The van der Waals surface area contributed by atoms with Crippen LogP contribution < -0.4 is 15.5 Å². The van der Waals surface area contributed by atoms with Gasteiger partial charge in [-0.05, 0) is 54.8 Å². The first kappa shape index (κ1) is 26.5. The highest BCUT2D eigenvalue weighted by molar-refractivity contribution is 6.47. The molecule has 3 N–H and O–H groups in total. The molecule has 0 atom stereocenters. The summed E-state index contributed by atoms with van der Waals surface area (Å²) in [5.74, 6) is -0.262. The maximum Gasteiger partial charge on any atom is 0.414 e. The number of hydrogen-bond donors (Lipinski definition) is 3. The largest absolute Gasteiger partial charge is 0.454 e. The zero-order valence-electron chi connectivity index (χ0n) is 20.0. The number of H-pyrrole nitrogens is 1. The van der Waals surface area contributed by atoms with Crippen LogP contribution in [-0.2, 0) is 16.0 Å². The van der Waals surface area contributed by atoms with Crippen molar-refractivity contribution in [3.8, 4) is 17.6 Å². The molecule has 2 amide bonds. The SMILES string of the molecule is CCOC(=O)NC(=O)C(C#N)=NNc1cc(Cl)c(Oc2ccc3[nH]cc(Cc4ccccc4)c3c2)c(Cl)c1. The van der Waals surface area contributed by atoms with E-state index in [1.807, 2.05) is 41.8 Å². The summed E-state index contributed by atoms with van der Waals surface area (Å²) in [6.07, 6.45) is 1.75. The van der Waals surface area contributed by atoms with Gasteiger partial charge in [0.1, 0.15) is 11.8 Å². The first-order valence-electron chi connectivity index (χ1n) is 11.4. The number of nitrogens with one attached hydrogen (secondary N) is 3. The van der Waals surface area contributed by atoms with Crippen LogP contribution in [0.2, 0.25) is 10.0 Å². The zero-order valence-corrected chi connectivity index (χ0v) is 21.6. The molecule has 38 heavy (non-hydrogen) atoms. The molecule has 0 bridgehead atoms. The minimum Gasteiger partial charge on any atom is -0.454 e. The van der Waals surface area contributed by atoms with Gasteiger partial charge in [0, 0.05) is 17.1 Å². The van der Waals surface area contributed by atoms with Gasteiger partial charge in [-0.15, -0.1) is 0 Å². The number of carbonyl (C=O) groups is 2. The second-order valence-electron chi connectivity index (χ2n) is 7.91. The first-order chi connectivity index (χ1) is 18.4. The molecule has 4 rings (SSSR count). The molecule has 0 aliphatic heterocycles. The van der Waals surface area contributed by atoms with E-state index < -0.39 is 17.7 Å². The van der Waals surface area contributed by atoms with Crippen molar-refractivity contribution in [1.82, 2.24) is 10.3 Å². The van der Waals surface area contributed by atoms with Crippen molar-refractivity contribution in [2.24, 2.45) is 5.10 Å². The maximum atomic E-state index is 12.0. The van der Waals surface area contributed by atoms with Crippen molar-refractivity contribution in [2.45, 2.75) is 13.3 Å². The lowest BCUT2D eigenvalue weighted by atomic mass is 10.0. The van der Waals surface area contributed by atoms with Crippen molar-refractivity contribution in [1.29, 1.82) is 5.26 Å². The van der Waals surface area contributed by atoms with E-state index >= 15 is 0 Å². The van der Waals surface area contributed by atoms with Gasteiger partial charge in [-0.25, -0.2) is 4.79 Å². The summed E-state index contributed by atoms with van der Waals surface area (Å²) in [5.41, 5.74) is 5.49. The predicted molar refractivity (Wildman–Crippen MR) is 146 cm³/mol. The Bertz CT molecular complexity index is 1540. The van der Waals surface area contributed by atoms with Crippen LogP contribution in [0.15, 0.2) is 72.0 Å². The quantitative estimate of drug-likeness (QED) is 0.172. The van der Waals surface area contributed by atoms with E-state index in [9.17, 15) is 14.9 Å². The fraction of sp³-hybridized carbons (Fsp3) is 0.111. The van der Waals surface area contributed by atoms with Crippen LogP contribution >= 0.6 is 23.2 Å². The van der Waals surface area contributed by atoms with Crippen LogP contribution in [0, 0.1) is 11.3 Å². The molecule has 1 heterocycles. The molecule has 9 nitrogen and oxygen atoms in total. The molecule has 3 aromatic carbocycles. The second kappa shape index (κ2) is 12.1. The molecule has 0 aliphatic carbocycles. The molecular weight excluding hydrogens is 529 g/mol. The summed E-state index contributed by atoms with van der Waals surface area (Å²) in [7, 11) is 0. The molecule has 1 aromatic heterocycles. The Morgan fingerprint density at radius 3 is 2.50 bits per heavy atom. The molecule has 11 heteroatoms. The molecule has 0 saturated carbocycles. The molecule has 0 saturated heterocycles. The van der Waals surface area contributed by atoms with Crippen molar-refractivity contribution >= 4 is 57.5 Å². The van der Waals surface area contributed by atoms with E-state index in [1.165, 1.54) is 17.7 Å². The second-order valence-corrected chi connectivity index (χ2v) is 8.73. The number of benzene rings is 3. The van der Waals surface area contributed by atoms with Crippen LogP contribution in [0.1, 0.15) is 18.1 Å². The van der Waals surface area contributed by atoms with Gasteiger partial charge < -0.3 is 14.5 Å². The highest BCUT2D eigenvalue weighted by Crippen LogP contribution is 2.39. The fourth-order valence-electron chi connectivity index (χ4n) is 3.59. The van der Waals surface area contributed by atoms with Crippen molar-refractivity contribution < 1.29 is 19.1 Å². The van der Waals surface area contributed by atoms with E-state index in [0.29, 0.717) is 5.75 Å². The van der Waals surface area contributed by atoms with Gasteiger partial charge in [-0.1, -0.05) is 53.5 Å². The number of imide groups is 1. The molecule has 0 aliphatic rings. The standard InChI is InChI=1S/C27H21Cl2N5O4/c1-2-37-27(36)32-26(35)24(14-30)34-33-18-11-21(28)25(22(29)12-18)38-19-8-9-23-20(13-19)17(15-31-23)10-16-6-4-3-5-7-16/h3-9,11-13,15,31,33H,2,10H2,1H3,(H,32,35,36). The van der Waals surface area contributed by atoms with Crippen molar-refractivity contribution in [3.05, 3.63) is 88.0 Å². The monoisotopic (exact) mass is 549 g/mol. The van der Waals surface area contributed by atoms with Gasteiger partial charge in [0.2, 0.25) is 5.71 Å². The number of rotatable bonds is 8. The number of aromatic amines is 1. The van der Waals surface area contributed by atoms with E-state index in [0.717, 1.165) is 22.9 Å². The molecule has 0 fully saturated rings. The van der Waals surface area contributed by atoms with Crippen molar-refractivity contribution in [2.75, 3.05) is 12.0 Å². The average Bonchev–Trinajstić information content (AvgIpc) is 3.29. The lowest BCUT2D eigenvalue weighted by Crippen LogP contribution is -2.36. The Labute approximate surface area is 228 Å². The number of hydrogen-bond acceptors (Lipinski definition) is 7. The number of nitrogens with zero attached hydrogens (tertiary/aromatic N) is 2. The van der Waals surface area contributed by atoms with Gasteiger partial charge >= 0.3 is 6.09 Å². The third-order valence-electron chi connectivity index (χ3n) is 5.30. The molecule has 4 aromatic rings. The van der Waals surface area contributed by atoms with Gasteiger partial charge in [0.15, 0.2) is 5.75 Å². The first-order valence-corrected chi connectivity index (χ1v) is 12.2. The van der Waals surface area contributed by atoms with Crippen LogP contribution in [-0.4, -0.2) is 29.3 Å². The number of halogens is 2. The Hall–Kier alpha value is -4.52. The number of amides is 2. The smallest absolute Gasteiger partial charge is 0.414 e. The third kappa shape index (κ3) is 6.42. The van der Waals surface area contributed by atoms with E-state index in [-0.39, 0.29) is 28.1 Å². The Morgan fingerprint density at radius 1 is 1.08 bits per heavy atom. The van der Waals surface area contributed by atoms with E-state index in [2.05, 4.69) is 32.4 Å². The van der Waals surface area contributed by atoms with Gasteiger partial charge in [-0.2, -0.15) is 10.4 Å². The number of alkyl carbamates (subject to hydrolysis) is 1. The normalized spacial score (nSPS) is 11.1. The van der Waals surface area contributed by atoms with Crippen LogP contribution in [0.3, 0.4) is 0 Å². The number of ether oxygens (including phenoxy) is 2. The number of anilines is 1. The summed E-state index contributed by atoms with van der Waals surface area (Å²) in [5, 5.41) is 16.1. The molecule has 0 radical (unpaired) electrons. The lowest BCUT2D eigenvalue weighted by molar-refractivity contribution is -0.114. The summed E-state index contributed by atoms with van der Waals surface area (Å²) in [6.45, 7) is 1.64. The highest BCUT2D eigenvalue weighted by atomic mass is 35.5. The van der Waals surface area contributed by atoms with E-state index in [1.54, 1.807) is 19.1 Å². The maximum absolute atomic E-state index is 12.0. The fourth-order valence-corrected chi connectivity index (χ4v) is 4.15. The number of carbonyl (C=O) groups excluding carboxylic acids is 2. The van der Waals surface area contributed by atoms with Crippen molar-refractivity contribution in [3.63, 3.8) is 0 Å². The lowest BCUT2D eigenvalue weighted by Gasteiger charge is -2.12. The predicted octanol–water partition coefficient (Wildman–Crippen LogP) is 6.42. The third-order valence-corrected chi connectivity index (χ3v) is 5.86. The summed E-state index contributed by atoms with van der Waals surface area (Å²) < 4.78 is 10.6.